The summed E-state index contributed by atoms with van der Waals surface area (Å²) in [7, 11) is 0. The standard InChI is InChI=1S/C14H27NO/c1-14(2)8-4-3-5-13(14)15-9-10-16-11-12-6-7-12/h12-13,15H,3-11H2,1-2H3. The Labute approximate surface area is 100 Å². The molecule has 2 nitrogen and oxygen atoms in total. The second-order valence-corrected chi connectivity index (χ2v) is 6.26. The monoisotopic (exact) mass is 225 g/mol. The topological polar surface area (TPSA) is 21.3 Å². The Balaban J connectivity index is 1.56. The lowest BCUT2D eigenvalue weighted by Crippen LogP contribution is -2.45. The van der Waals surface area contributed by atoms with Crippen LogP contribution in [0.25, 0.3) is 0 Å². The molecule has 2 heteroatoms. The van der Waals surface area contributed by atoms with Crippen molar-refractivity contribution < 1.29 is 4.74 Å². The van der Waals surface area contributed by atoms with E-state index in [4.69, 9.17) is 4.74 Å². The van der Waals surface area contributed by atoms with Crippen molar-refractivity contribution in [3.8, 4) is 0 Å². The summed E-state index contributed by atoms with van der Waals surface area (Å²) in [4.78, 5) is 0. The van der Waals surface area contributed by atoms with Crippen LogP contribution < -0.4 is 5.32 Å². The average Bonchev–Trinajstić information content (AvgIpc) is 3.03. The molecule has 0 saturated heterocycles. The molecule has 2 fully saturated rings. The molecule has 0 radical (unpaired) electrons. The summed E-state index contributed by atoms with van der Waals surface area (Å²) in [5.41, 5.74) is 0.481. The van der Waals surface area contributed by atoms with Crippen LogP contribution in [0, 0.1) is 11.3 Å². The highest BCUT2D eigenvalue weighted by atomic mass is 16.5. The van der Waals surface area contributed by atoms with Crippen molar-refractivity contribution >= 4 is 0 Å². The van der Waals surface area contributed by atoms with Gasteiger partial charge in [0.05, 0.1) is 6.61 Å². The molecule has 1 atom stereocenters. The van der Waals surface area contributed by atoms with Crippen LogP contribution in [-0.2, 0) is 4.74 Å². The van der Waals surface area contributed by atoms with Crippen molar-refractivity contribution in [2.75, 3.05) is 19.8 Å². The van der Waals surface area contributed by atoms with E-state index in [2.05, 4.69) is 19.2 Å². The average molecular weight is 225 g/mol. The van der Waals surface area contributed by atoms with Gasteiger partial charge in [-0.15, -0.1) is 0 Å². The Bertz CT molecular complexity index is 211. The molecule has 2 aliphatic carbocycles. The summed E-state index contributed by atoms with van der Waals surface area (Å²) >= 11 is 0. The van der Waals surface area contributed by atoms with Crippen LogP contribution in [0.1, 0.15) is 52.4 Å². The minimum atomic E-state index is 0.481. The molecule has 2 rings (SSSR count). The summed E-state index contributed by atoms with van der Waals surface area (Å²) < 4.78 is 5.65. The predicted octanol–water partition coefficient (Wildman–Crippen LogP) is 2.97. The predicted molar refractivity (Wildman–Crippen MR) is 67.6 cm³/mol. The maximum absolute atomic E-state index is 5.65. The lowest BCUT2D eigenvalue weighted by molar-refractivity contribution is 0.109. The molecule has 94 valence electrons. The zero-order valence-electron chi connectivity index (χ0n) is 10.9. The van der Waals surface area contributed by atoms with Gasteiger partial charge in [0.2, 0.25) is 0 Å². The van der Waals surface area contributed by atoms with E-state index in [-0.39, 0.29) is 0 Å². The summed E-state index contributed by atoms with van der Waals surface area (Å²) in [5, 5.41) is 3.68. The van der Waals surface area contributed by atoms with E-state index >= 15 is 0 Å². The molecule has 2 saturated carbocycles. The Kier molecular flexibility index (Phi) is 4.26. The van der Waals surface area contributed by atoms with E-state index in [0.717, 1.165) is 25.7 Å². The number of hydrogen-bond acceptors (Lipinski definition) is 2. The molecule has 0 bridgehead atoms. The molecule has 1 N–H and O–H groups in total. The van der Waals surface area contributed by atoms with Crippen molar-refractivity contribution in [2.45, 2.75) is 58.4 Å². The molecule has 1 unspecified atom stereocenters. The van der Waals surface area contributed by atoms with E-state index in [0.29, 0.717) is 11.5 Å². The fourth-order valence-corrected chi connectivity index (χ4v) is 2.71. The molecular formula is C14H27NO. The Morgan fingerprint density at radius 3 is 2.69 bits per heavy atom. The summed E-state index contributed by atoms with van der Waals surface area (Å²) in [6.07, 6.45) is 8.29. The summed E-state index contributed by atoms with van der Waals surface area (Å²) in [5.74, 6) is 0.895. The Hall–Kier alpha value is -0.0800. The van der Waals surface area contributed by atoms with Gasteiger partial charge in [-0.25, -0.2) is 0 Å². The Morgan fingerprint density at radius 2 is 2.00 bits per heavy atom. The number of nitrogens with one attached hydrogen (secondary N) is 1. The molecule has 0 spiro atoms. The lowest BCUT2D eigenvalue weighted by Gasteiger charge is -2.39. The SMILES string of the molecule is CC1(C)CCCCC1NCCOCC1CC1. The van der Waals surface area contributed by atoms with E-state index in [9.17, 15) is 0 Å². The highest BCUT2D eigenvalue weighted by Gasteiger charge is 2.31. The number of ether oxygens (including phenoxy) is 1. The van der Waals surface area contributed by atoms with E-state index in [1.807, 2.05) is 0 Å². The first-order chi connectivity index (χ1) is 7.68. The Morgan fingerprint density at radius 1 is 1.19 bits per heavy atom. The van der Waals surface area contributed by atoms with Gasteiger partial charge in [0, 0.05) is 19.2 Å². The van der Waals surface area contributed by atoms with Crippen molar-refractivity contribution in [3.05, 3.63) is 0 Å². The van der Waals surface area contributed by atoms with Crippen molar-refractivity contribution in [1.82, 2.24) is 5.32 Å². The highest BCUT2D eigenvalue weighted by Crippen LogP contribution is 2.35. The van der Waals surface area contributed by atoms with Gasteiger partial charge in [0.15, 0.2) is 0 Å². The molecule has 2 aliphatic rings. The molecular weight excluding hydrogens is 198 g/mol. The van der Waals surface area contributed by atoms with Crippen LogP contribution in [0.15, 0.2) is 0 Å². The number of hydrogen-bond donors (Lipinski definition) is 1. The molecule has 0 aliphatic heterocycles. The molecule has 0 aromatic carbocycles. The maximum atomic E-state index is 5.65. The van der Waals surface area contributed by atoms with Gasteiger partial charge < -0.3 is 10.1 Å². The largest absolute Gasteiger partial charge is 0.380 e. The van der Waals surface area contributed by atoms with Gasteiger partial charge in [-0.1, -0.05) is 26.7 Å². The third-order valence-electron chi connectivity index (χ3n) is 4.19. The summed E-state index contributed by atoms with van der Waals surface area (Å²) in [6.45, 7) is 7.71. The van der Waals surface area contributed by atoms with E-state index in [1.165, 1.54) is 38.5 Å². The molecule has 0 heterocycles. The quantitative estimate of drug-likeness (QED) is 0.702. The van der Waals surface area contributed by atoms with Gasteiger partial charge in [0.1, 0.15) is 0 Å². The minimum absolute atomic E-state index is 0.481. The second kappa shape index (κ2) is 5.50. The van der Waals surface area contributed by atoms with E-state index < -0.39 is 0 Å². The third kappa shape index (κ3) is 3.74. The van der Waals surface area contributed by atoms with Crippen LogP contribution in [0.4, 0.5) is 0 Å². The van der Waals surface area contributed by atoms with Crippen LogP contribution in [0.3, 0.4) is 0 Å². The molecule has 0 aromatic rings. The van der Waals surface area contributed by atoms with Crippen LogP contribution in [0.5, 0.6) is 0 Å². The smallest absolute Gasteiger partial charge is 0.0591 e. The molecule has 16 heavy (non-hydrogen) atoms. The van der Waals surface area contributed by atoms with Gasteiger partial charge >= 0.3 is 0 Å². The van der Waals surface area contributed by atoms with E-state index in [1.54, 1.807) is 0 Å². The minimum Gasteiger partial charge on any atom is -0.380 e. The fraction of sp³-hybridized carbons (Fsp3) is 1.00. The second-order valence-electron chi connectivity index (χ2n) is 6.26. The zero-order valence-corrected chi connectivity index (χ0v) is 10.9. The first kappa shape index (κ1) is 12.4. The van der Waals surface area contributed by atoms with Crippen LogP contribution in [-0.4, -0.2) is 25.8 Å². The van der Waals surface area contributed by atoms with Crippen LogP contribution in [0.2, 0.25) is 0 Å². The van der Waals surface area contributed by atoms with Crippen molar-refractivity contribution in [1.29, 1.82) is 0 Å². The third-order valence-corrected chi connectivity index (χ3v) is 4.19. The van der Waals surface area contributed by atoms with Crippen molar-refractivity contribution in [2.24, 2.45) is 11.3 Å². The normalized spacial score (nSPS) is 29.2. The maximum Gasteiger partial charge on any atom is 0.0591 e. The van der Waals surface area contributed by atoms with Gasteiger partial charge in [-0.3, -0.25) is 0 Å². The molecule has 0 amide bonds. The van der Waals surface area contributed by atoms with Gasteiger partial charge in [-0.05, 0) is 37.0 Å². The summed E-state index contributed by atoms with van der Waals surface area (Å²) in [6, 6.07) is 0.700. The first-order valence-corrected chi connectivity index (χ1v) is 6.99. The zero-order chi connectivity index (χ0) is 11.4. The highest BCUT2D eigenvalue weighted by molar-refractivity contribution is 4.87. The van der Waals surface area contributed by atoms with Crippen molar-refractivity contribution in [3.63, 3.8) is 0 Å². The number of rotatable bonds is 6. The van der Waals surface area contributed by atoms with Crippen LogP contribution >= 0.6 is 0 Å². The van der Waals surface area contributed by atoms with Gasteiger partial charge in [-0.2, -0.15) is 0 Å². The van der Waals surface area contributed by atoms with Gasteiger partial charge in [0.25, 0.3) is 0 Å². The first-order valence-electron chi connectivity index (χ1n) is 6.99. The fourth-order valence-electron chi connectivity index (χ4n) is 2.71. The lowest BCUT2D eigenvalue weighted by atomic mass is 9.73. The molecule has 0 aromatic heterocycles.